The van der Waals surface area contributed by atoms with Crippen LogP contribution in [0.25, 0.3) is 33.1 Å². The van der Waals surface area contributed by atoms with E-state index in [1.165, 1.54) is 61.1 Å². The van der Waals surface area contributed by atoms with Gasteiger partial charge in [0.1, 0.15) is 23.1 Å². The first kappa shape index (κ1) is 70.7. The van der Waals surface area contributed by atoms with Gasteiger partial charge in [-0.25, -0.2) is 36.9 Å². The van der Waals surface area contributed by atoms with Crippen molar-refractivity contribution in [1.82, 2.24) is 29.9 Å². The second-order valence-corrected chi connectivity index (χ2v) is 21.4. The number of alkyl halides is 9. The first-order chi connectivity index (χ1) is 47.5. The molecule has 100 heavy (non-hydrogen) atoms. The number of nitrogens with one attached hydrogen (secondary N) is 6. The van der Waals surface area contributed by atoms with Gasteiger partial charge in [0, 0.05) is 102 Å². The summed E-state index contributed by atoms with van der Waals surface area (Å²) in [7, 11) is 0. The molecular weight excluding hydrogens is 1390 g/mol. The maximum atomic E-state index is 14.3. The number of hydrogen-bond donors (Lipinski definition) is 6. The smallest absolute Gasteiger partial charge is 0.419 e. The monoisotopic (exact) mass is 1430 g/mol. The number of rotatable bonds is 12. The van der Waals surface area contributed by atoms with Crippen molar-refractivity contribution in [3.05, 3.63) is 250 Å². The Morgan fingerprint density at radius 3 is 1.08 bits per heavy atom. The second kappa shape index (κ2) is 30.1. The lowest BCUT2D eigenvalue weighted by molar-refractivity contribution is -0.140. The third kappa shape index (κ3) is 18.7. The Balaban J connectivity index is 0.000000162. The summed E-state index contributed by atoms with van der Waals surface area (Å²) in [6, 6.07) is 30.5. The average molecular weight is 1430 g/mol. The van der Waals surface area contributed by atoms with Gasteiger partial charge >= 0.3 is 36.6 Å². The fraction of sp³-hybridized carbons (Fsp3) is 0.0597. The zero-order valence-electron chi connectivity index (χ0n) is 50.3. The number of urea groups is 3. The van der Waals surface area contributed by atoms with Crippen molar-refractivity contribution in [2.75, 3.05) is 31.9 Å². The minimum absolute atomic E-state index is 0.0429. The van der Waals surface area contributed by atoms with Crippen molar-refractivity contribution in [1.29, 1.82) is 0 Å². The molecule has 0 saturated heterocycles. The number of aromatic nitrogens is 6. The molecule has 0 saturated carbocycles. The molecule has 12 aromatic rings. The van der Waals surface area contributed by atoms with Crippen molar-refractivity contribution in [3.63, 3.8) is 0 Å². The van der Waals surface area contributed by atoms with Gasteiger partial charge in [-0.1, -0.05) is 23.2 Å². The van der Waals surface area contributed by atoms with E-state index in [-0.39, 0.29) is 57.1 Å². The molecule has 0 spiro atoms. The van der Waals surface area contributed by atoms with Crippen LogP contribution in [0.15, 0.2) is 195 Å². The van der Waals surface area contributed by atoms with E-state index in [0.29, 0.717) is 68.5 Å². The van der Waals surface area contributed by atoms with Crippen molar-refractivity contribution in [2.24, 2.45) is 0 Å². The Kier molecular flexibility index (Phi) is 21.3. The maximum Gasteiger partial charge on any atom is 0.419 e. The Morgan fingerprint density at radius 1 is 0.340 bits per heavy atom. The third-order valence-corrected chi connectivity index (χ3v) is 14.0. The SMILES string of the molecule is Cc1cnc2ccc(Oc3cc(NC(=O)Nc4ccc(Cl)c(C(F)(F)F)c4)ccc3F)cc2n1.O=C(Nc1ccc(C(F)(F)F)c(Cl)c1)Nc1ccc(F)c(Oc2ccc3nccnc3c2)c1.O=C(Nc1ccc(C(F)(F)F)c(F)c1)Nc1ccc(F)c(Oc2ccc3nccnc3c2)c1. The maximum absolute atomic E-state index is 14.3. The van der Waals surface area contributed by atoms with E-state index in [2.05, 4.69) is 61.8 Å². The van der Waals surface area contributed by atoms with Crippen molar-refractivity contribution in [2.45, 2.75) is 25.5 Å². The van der Waals surface area contributed by atoms with E-state index < -0.39 is 86.6 Å². The molecule has 0 radical (unpaired) electrons. The van der Waals surface area contributed by atoms with Gasteiger partial charge in [-0.2, -0.15) is 39.5 Å². The molecule has 6 amide bonds. The zero-order valence-corrected chi connectivity index (χ0v) is 51.8. The van der Waals surface area contributed by atoms with E-state index >= 15 is 0 Å². The van der Waals surface area contributed by atoms with E-state index in [1.807, 2.05) is 0 Å². The van der Waals surface area contributed by atoms with E-state index in [0.717, 1.165) is 48.5 Å². The van der Waals surface area contributed by atoms with E-state index in [1.54, 1.807) is 73.9 Å². The molecule has 3 heterocycles. The highest BCUT2D eigenvalue weighted by Gasteiger charge is 2.36. The lowest BCUT2D eigenvalue weighted by Gasteiger charge is -2.13. The minimum atomic E-state index is -4.85. The summed E-state index contributed by atoms with van der Waals surface area (Å²) in [5, 5.41) is 13.0. The molecule has 9 aromatic carbocycles. The quantitative estimate of drug-likeness (QED) is 0.0628. The van der Waals surface area contributed by atoms with Gasteiger partial charge in [0.25, 0.3) is 0 Å². The highest BCUT2D eigenvalue weighted by Crippen LogP contribution is 2.39. The average Bonchev–Trinajstić information content (AvgIpc) is 0.902. The van der Waals surface area contributed by atoms with Crippen molar-refractivity contribution >= 4 is 109 Å². The molecule has 0 bridgehead atoms. The predicted molar refractivity (Wildman–Crippen MR) is 345 cm³/mol. The number of hydrogen-bond acceptors (Lipinski definition) is 12. The number of halogens is 15. The number of anilines is 6. The molecule has 510 valence electrons. The highest BCUT2D eigenvalue weighted by atomic mass is 35.5. The fourth-order valence-corrected chi connectivity index (χ4v) is 9.38. The van der Waals surface area contributed by atoms with Gasteiger partial charge < -0.3 is 46.1 Å². The van der Waals surface area contributed by atoms with Crippen LogP contribution in [0.3, 0.4) is 0 Å². The topological polar surface area (TPSA) is 228 Å². The molecule has 0 aliphatic heterocycles. The van der Waals surface area contributed by atoms with Crippen LogP contribution >= 0.6 is 23.2 Å². The van der Waals surface area contributed by atoms with E-state index in [4.69, 9.17) is 37.4 Å². The van der Waals surface area contributed by atoms with Crippen LogP contribution in [-0.4, -0.2) is 48.0 Å². The molecule has 12 rings (SSSR count). The van der Waals surface area contributed by atoms with Crippen LogP contribution in [0.1, 0.15) is 22.4 Å². The summed E-state index contributed by atoms with van der Waals surface area (Å²) in [4.78, 5) is 61.8. The summed E-state index contributed by atoms with van der Waals surface area (Å²) in [6.07, 6.45) is -6.44. The van der Waals surface area contributed by atoms with Gasteiger partial charge in [0.15, 0.2) is 34.7 Å². The molecule has 0 unspecified atom stereocenters. The summed E-state index contributed by atoms with van der Waals surface area (Å²) < 4.78 is 189. The Bertz CT molecular complexity index is 4870. The molecular formula is C67H41Cl2F13N12O6. The number of benzene rings is 9. The Hall–Kier alpha value is -12.1. The second-order valence-electron chi connectivity index (χ2n) is 20.6. The molecule has 0 aliphatic rings. The Labute approximate surface area is 564 Å². The number of ether oxygens (including phenoxy) is 3. The molecule has 0 aliphatic carbocycles. The lowest BCUT2D eigenvalue weighted by atomic mass is 10.2. The zero-order chi connectivity index (χ0) is 71.6. The van der Waals surface area contributed by atoms with Crippen LogP contribution < -0.4 is 46.1 Å². The minimum Gasteiger partial charge on any atom is -0.454 e. The van der Waals surface area contributed by atoms with Gasteiger partial charge in [-0.3, -0.25) is 24.9 Å². The first-order valence-corrected chi connectivity index (χ1v) is 29.1. The molecule has 33 heteroatoms. The van der Waals surface area contributed by atoms with Gasteiger partial charge in [0.05, 0.1) is 65.5 Å². The normalized spacial score (nSPS) is 11.3. The standard InChI is InChI=1S/C23H15ClF4N4O2.C22H13ClF4N4O2.C22H13F5N4O2/c1-12-11-29-19-7-4-15(10-20(19)30-12)34-21-9-14(3-6-18(21)25)32-22(33)31-13-2-5-17(24)16(8-13)23(26,27)28;23-16-9-12(1-4-15(16)22(25,26)27)30-21(32)31-13-2-5-17(24)20(10-13)33-14-3-6-18-19(11-14)29-8-7-28-18;23-16-5-2-13(10-20(16)33-14-3-6-18-19(11-14)29-8-7-28-18)31-21(32)30-12-1-4-15(17(24)9-12)22(25,26)27/h2-11H,1H3,(H2,31,32,33);2*1-11H,(H2,30,31,32). The van der Waals surface area contributed by atoms with Gasteiger partial charge in [0.2, 0.25) is 0 Å². The molecule has 0 atom stereocenters. The van der Waals surface area contributed by atoms with Gasteiger partial charge in [-0.15, -0.1) is 0 Å². The number of aryl methyl sites for hydroxylation is 1. The highest BCUT2D eigenvalue weighted by molar-refractivity contribution is 6.32. The van der Waals surface area contributed by atoms with Crippen LogP contribution in [0.4, 0.5) is 106 Å². The number of carbonyl (C=O) groups is 3. The molecule has 18 nitrogen and oxygen atoms in total. The summed E-state index contributed by atoms with van der Waals surface area (Å²) >= 11 is 11.2. The van der Waals surface area contributed by atoms with Crippen LogP contribution in [0.5, 0.6) is 34.5 Å². The summed E-state index contributed by atoms with van der Waals surface area (Å²) in [5.41, 5.74) is 0.879. The first-order valence-electron chi connectivity index (χ1n) is 28.4. The summed E-state index contributed by atoms with van der Waals surface area (Å²) in [6.45, 7) is 1.79. The number of fused-ring (bicyclic) bond motifs is 3. The lowest BCUT2D eigenvalue weighted by Crippen LogP contribution is -2.20. The number of amides is 6. The van der Waals surface area contributed by atoms with Crippen molar-refractivity contribution in [3.8, 4) is 34.5 Å². The summed E-state index contributed by atoms with van der Waals surface area (Å²) in [5.74, 6) is -3.24. The fourth-order valence-electron chi connectivity index (χ4n) is 8.87. The van der Waals surface area contributed by atoms with E-state index in [9.17, 15) is 71.5 Å². The predicted octanol–water partition coefficient (Wildman–Crippen LogP) is 20.4. The largest absolute Gasteiger partial charge is 0.454 e. The molecule has 0 fully saturated rings. The molecule has 3 aromatic heterocycles. The number of carbonyl (C=O) groups excluding carboxylic acids is 3. The van der Waals surface area contributed by atoms with Crippen LogP contribution in [0.2, 0.25) is 10.0 Å². The van der Waals surface area contributed by atoms with Crippen LogP contribution in [0, 0.1) is 30.2 Å². The molecule has 6 N–H and O–H groups in total. The third-order valence-electron chi connectivity index (χ3n) is 13.4. The van der Waals surface area contributed by atoms with Crippen molar-refractivity contribution < 1.29 is 85.7 Å². The van der Waals surface area contributed by atoms with Gasteiger partial charge in [-0.05, 0) is 134 Å². The van der Waals surface area contributed by atoms with Crippen LogP contribution in [-0.2, 0) is 18.5 Å². The number of nitrogens with zero attached hydrogens (tertiary/aromatic N) is 6. The Morgan fingerprint density at radius 2 is 0.680 bits per heavy atom.